The summed E-state index contributed by atoms with van der Waals surface area (Å²) in [4.78, 5) is 0. The number of methoxy groups -OCH3 is 1. The molecule has 0 aliphatic carbocycles. The van der Waals surface area contributed by atoms with Gasteiger partial charge < -0.3 is 14.0 Å². The maximum atomic E-state index is 6.12. The minimum atomic E-state index is 0.342. The van der Waals surface area contributed by atoms with Crippen molar-refractivity contribution in [3.05, 3.63) is 73.1 Å². The van der Waals surface area contributed by atoms with Gasteiger partial charge in [-0.25, -0.2) is 0 Å². The first-order chi connectivity index (χ1) is 13.3. The third-order valence-electron chi connectivity index (χ3n) is 3.97. The minimum Gasteiger partial charge on any atom is -0.485 e. The van der Waals surface area contributed by atoms with Crippen LogP contribution in [0.4, 0.5) is 0 Å². The molecule has 0 fully saturated rings. The number of para-hydroxylation sites is 1. The molecule has 5 nitrogen and oxygen atoms in total. The van der Waals surface area contributed by atoms with Crippen LogP contribution in [0.2, 0.25) is 0 Å². The smallest absolute Gasteiger partial charge is 0.191 e. The molecule has 1 aromatic heterocycles. The largest absolute Gasteiger partial charge is 0.485 e. The molecule has 0 atom stereocenters. The molecule has 3 aromatic rings. The molecule has 1 heterocycles. The predicted molar refractivity (Wildman–Crippen MR) is 109 cm³/mol. The summed E-state index contributed by atoms with van der Waals surface area (Å²) in [6, 6.07) is 18.2. The Labute approximate surface area is 164 Å². The maximum Gasteiger partial charge on any atom is 0.191 e. The molecule has 27 heavy (non-hydrogen) atoms. The summed E-state index contributed by atoms with van der Waals surface area (Å²) in [5.74, 6) is 2.38. The van der Waals surface area contributed by atoms with E-state index in [1.165, 1.54) is 0 Å². The highest BCUT2D eigenvalue weighted by Gasteiger charge is 2.14. The quantitative estimate of drug-likeness (QED) is 0.384. The molecule has 0 unspecified atom stereocenters. The van der Waals surface area contributed by atoms with E-state index in [9.17, 15) is 0 Å². The van der Waals surface area contributed by atoms with Gasteiger partial charge in [-0.1, -0.05) is 66.4 Å². The molecule has 2 aromatic carbocycles. The molecule has 0 spiro atoms. The third-order valence-corrected chi connectivity index (χ3v) is 4.93. The third kappa shape index (κ3) is 4.99. The number of rotatable bonds is 10. The first-order valence-corrected chi connectivity index (χ1v) is 9.74. The Morgan fingerprint density at radius 3 is 2.63 bits per heavy atom. The first kappa shape index (κ1) is 19.2. The maximum absolute atomic E-state index is 6.12. The second-order valence-electron chi connectivity index (χ2n) is 5.79. The monoisotopic (exact) mass is 381 g/mol. The van der Waals surface area contributed by atoms with Crippen molar-refractivity contribution in [3.63, 3.8) is 0 Å². The van der Waals surface area contributed by atoms with Gasteiger partial charge in [0.2, 0.25) is 0 Å². The zero-order valence-electron chi connectivity index (χ0n) is 15.4. The zero-order chi connectivity index (χ0) is 18.9. The molecule has 0 aliphatic rings. The van der Waals surface area contributed by atoms with Gasteiger partial charge >= 0.3 is 0 Å². The molecule has 0 aliphatic heterocycles. The van der Waals surface area contributed by atoms with E-state index in [0.717, 1.165) is 33.6 Å². The van der Waals surface area contributed by atoms with Crippen molar-refractivity contribution in [2.45, 2.75) is 18.3 Å². The number of benzene rings is 2. The number of aromatic nitrogens is 3. The lowest BCUT2D eigenvalue weighted by Gasteiger charge is -2.13. The molecule has 0 saturated heterocycles. The lowest BCUT2D eigenvalue weighted by molar-refractivity contribution is 0.181. The molecule has 0 saturated carbocycles. The molecular weight excluding hydrogens is 358 g/mol. The van der Waals surface area contributed by atoms with E-state index in [1.807, 2.05) is 47.0 Å². The van der Waals surface area contributed by atoms with Crippen molar-refractivity contribution in [1.29, 1.82) is 0 Å². The van der Waals surface area contributed by atoms with Gasteiger partial charge in [0, 0.05) is 25.0 Å². The lowest BCUT2D eigenvalue weighted by atomic mass is 10.1. The minimum absolute atomic E-state index is 0.342. The highest BCUT2D eigenvalue weighted by atomic mass is 32.2. The fourth-order valence-corrected chi connectivity index (χ4v) is 3.38. The number of hydrogen-bond donors (Lipinski definition) is 0. The van der Waals surface area contributed by atoms with Crippen molar-refractivity contribution in [2.75, 3.05) is 19.5 Å². The van der Waals surface area contributed by atoms with Crippen LogP contribution in [0.5, 0.6) is 5.75 Å². The molecule has 0 bridgehead atoms. The van der Waals surface area contributed by atoms with Gasteiger partial charge in [-0.05, 0) is 11.6 Å². The van der Waals surface area contributed by atoms with E-state index in [1.54, 1.807) is 18.9 Å². The Bertz CT molecular complexity index is 865. The molecule has 0 radical (unpaired) electrons. The van der Waals surface area contributed by atoms with Crippen LogP contribution in [0.1, 0.15) is 5.82 Å². The fourth-order valence-electron chi connectivity index (χ4n) is 2.66. The van der Waals surface area contributed by atoms with Crippen LogP contribution < -0.4 is 4.74 Å². The lowest BCUT2D eigenvalue weighted by Crippen LogP contribution is -2.12. The standard InChI is InChI=1S/C21H23N3O2S/c1-3-15-27-21-23-22-20(24(21)13-14-25-2)16-26-19-12-8-7-11-18(19)17-9-5-4-6-10-17/h3-12H,1,13-16H2,2H3. The van der Waals surface area contributed by atoms with Crippen LogP contribution in [-0.2, 0) is 17.9 Å². The second-order valence-corrected chi connectivity index (χ2v) is 6.78. The van der Waals surface area contributed by atoms with Crippen LogP contribution in [0.15, 0.2) is 72.4 Å². The van der Waals surface area contributed by atoms with Crippen LogP contribution in [-0.4, -0.2) is 34.2 Å². The van der Waals surface area contributed by atoms with Crippen LogP contribution in [0.3, 0.4) is 0 Å². The van der Waals surface area contributed by atoms with Gasteiger partial charge in [0.1, 0.15) is 12.4 Å². The molecule has 6 heteroatoms. The van der Waals surface area contributed by atoms with Gasteiger partial charge in [0.15, 0.2) is 11.0 Å². The summed E-state index contributed by atoms with van der Waals surface area (Å²) >= 11 is 1.60. The van der Waals surface area contributed by atoms with E-state index in [0.29, 0.717) is 19.8 Å². The normalized spacial score (nSPS) is 10.7. The summed E-state index contributed by atoms with van der Waals surface area (Å²) in [5, 5.41) is 9.46. The topological polar surface area (TPSA) is 49.2 Å². The Morgan fingerprint density at radius 1 is 1.07 bits per heavy atom. The Morgan fingerprint density at radius 2 is 1.85 bits per heavy atom. The van der Waals surface area contributed by atoms with Crippen LogP contribution >= 0.6 is 11.8 Å². The van der Waals surface area contributed by atoms with E-state index in [4.69, 9.17) is 9.47 Å². The summed E-state index contributed by atoms with van der Waals surface area (Å²) in [7, 11) is 1.69. The summed E-state index contributed by atoms with van der Waals surface area (Å²) < 4.78 is 13.4. The van der Waals surface area contributed by atoms with Gasteiger partial charge in [-0.3, -0.25) is 0 Å². The van der Waals surface area contributed by atoms with Gasteiger partial charge in [0.25, 0.3) is 0 Å². The number of ether oxygens (including phenoxy) is 2. The van der Waals surface area contributed by atoms with Crippen LogP contribution in [0, 0.1) is 0 Å². The number of thioether (sulfide) groups is 1. The summed E-state index contributed by atoms with van der Waals surface area (Å²) in [6.45, 7) is 5.38. The van der Waals surface area contributed by atoms with E-state index in [-0.39, 0.29) is 0 Å². The average Bonchev–Trinajstić information content (AvgIpc) is 3.11. The average molecular weight is 382 g/mol. The van der Waals surface area contributed by atoms with E-state index < -0.39 is 0 Å². The highest BCUT2D eigenvalue weighted by Crippen LogP contribution is 2.30. The van der Waals surface area contributed by atoms with Crippen LogP contribution in [0.25, 0.3) is 11.1 Å². The number of hydrogen-bond acceptors (Lipinski definition) is 5. The Kier molecular flexibility index (Phi) is 7.07. The Balaban J connectivity index is 1.79. The van der Waals surface area contributed by atoms with Crippen molar-refractivity contribution in [3.8, 4) is 16.9 Å². The SMILES string of the molecule is C=CCSc1nnc(COc2ccccc2-c2ccccc2)n1CCOC. The van der Waals surface area contributed by atoms with Gasteiger partial charge in [-0.2, -0.15) is 0 Å². The van der Waals surface area contributed by atoms with E-state index in [2.05, 4.69) is 35.0 Å². The fraction of sp³-hybridized carbons (Fsp3) is 0.238. The second kappa shape index (κ2) is 9.94. The molecule has 0 amide bonds. The molecular formula is C21H23N3O2S. The van der Waals surface area contributed by atoms with Crippen molar-refractivity contribution in [1.82, 2.24) is 14.8 Å². The predicted octanol–water partition coefficient (Wildman–Crippen LogP) is 4.45. The summed E-state index contributed by atoms with van der Waals surface area (Å²) in [6.07, 6.45) is 1.85. The molecule has 140 valence electrons. The zero-order valence-corrected chi connectivity index (χ0v) is 16.2. The van der Waals surface area contributed by atoms with Crippen molar-refractivity contribution < 1.29 is 9.47 Å². The molecule has 3 rings (SSSR count). The van der Waals surface area contributed by atoms with Crippen molar-refractivity contribution in [2.24, 2.45) is 0 Å². The molecule has 0 N–H and O–H groups in total. The summed E-state index contributed by atoms with van der Waals surface area (Å²) in [5.41, 5.74) is 2.18. The van der Waals surface area contributed by atoms with Gasteiger partial charge in [-0.15, -0.1) is 16.8 Å². The number of nitrogens with zero attached hydrogens (tertiary/aromatic N) is 3. The van der Waals surface area contributed by atoms with Gasteiger partial charge in [0.05, 0.1) is 6.61 Å². The van der Waals surface area contributed by atoms with Crippen molar-refractivity contribution >= 4 is 11.8 Å². The Hall–Kier alpha value is -2.57. The first-order valence-electron chi connectivity index (χ1n) is 8.75. The van der Waals surface area contributed by atoms with E-state index >= 15 is 0 Å². The highest BCUT2D eigenvalue weighted by molar-refractivity contribution is 7.99.